The highest BCUT2D eigenvalue weighted by molar-refractivity contribution is 6.62. The number of methoxy groups -OCH3 is 1. The monoisotopic (exact) mass is 695 g/mol. The van der Waals surface area contributed by atoms with Gasteiger partial charge in [-0.25, -0.2) is 4.79 Å². The first-order chi connectivity index (χ1) is 24.3. The lowest BCUT2D eigenvalue weighted by Crippen LogP contribution is -2.54. The third-order valence-corrected chi connectivity index (χ3v) is 12.6. The predicted octanol–water partition coefficient (Wildman–Crippen LogP) is 5.93. The summed E-state index contributed by atoms with van der Waals surface area (Å²) < 4.78 is 30.0. The van der Waals surface area contributed by atoms with Crippen molar-refractivity contribution in [1.82, 2.24) is 10.2 Å². The van der Waals surface area contributed by atoms with Crippen LogP contribution in [0.5, 0.6) is 0 Å². The summed E-state index contributed by atoms with van der Waals surface area (Å²) in [6.45, 7) is 13.5. The van der Waals surface area contributed by atoms with E-state index in [1.807, 2.05) is 20.0 Å². The smallest absolute Gasteiger partial charge is 0.453 e. The Kier molecular flexibility index (Phi) is 8.52. The number of rotatable bonds is 7. The van der Waals surface area contributed by atoms with E-state index in [9.17, 15) is 9.59 Å². The summed E-state index contributed by atoms with van der Waals surface area (Å²) in [5, 5.41) is 2.73. The van der Waals surface area contributed by atoms with Crippen molar-refractivity contribution >= 4 is 35.9 Å². The third-order valence-electron chi connectivity index (χ3n) is 12.6. The van der Waals surface area contributed by atoms with Crippen molar-refractivity contribution in [2.45, 2.75) is 115 Å². The SMILES string of the molecule is COC(=O)N[C@H](C(=O)N1CC2(C[C@H]1C1=NC=C(c3ccc(-c4ccc(B5OC(C)(C)C(C)(C)O5)c5c4C4CCC5C4)cc3)C1)OCCO2)C(C)C. The molecular weight excluding hydrogens is 645 g/mol. The van der Waals surface area contributed by atoms with Gasteiger partial charge in [0.25, 0.3) is 0 Å². The average Bonchev–Trinajstić information content (AvgIpc) is 3.96. The Morgan fingerprint density at radius 2 is 1.59 bits per heavy atom. The second kappa shape index (κ2) is 12.6. The number of fused-ring (bicyclic) bond motifs is 5. The largest absolute Gasteiger partial charge is 0.495 e. The van der Waals surface area contributed by atoms with Crippen LogP contribution in [0.4, 0.5) is 4.79 Å². The number of hydrogen-bond acceptors (Lipinski definition) is 8. The maximum Gasteiger partial charge on any atom is 0.495 e. The number of amides is 2. The van der Waals surface area contributed by atoms with Crippen LogP contribution in [0.3, 0.4) is 0 Å². The molecule has 2 aromatic carbocycles. The molecule has 2 unspecified atom stereocenters. The van der Waals surface area contributed by atoms with Crippen molar-refractivity contribution < 1.29 is 33.1 Å². The first-order valence-electron chi connectivity index (χ1n) is 18.6. The molecule has 2 aliphatic carbocycles. The molecule has 4 atom stereocenters. The Morgan fingerprint density at radius 3 is 2.24 bits per heavy atom. The molecule has 0 radical (unpaired) electrons. The number of carbonyl (C=O) groups is 2. The zero-order valence-electron chi connectivity index (χ0n) is 30.9. The Morgan fingerprint density at radius 1 is 0.941 bits per heavy atom. The van der Waals surface area contributed by atoms with Gasteiger partial charge in [0.1, 0.15) is 6.04 Å². The minimum atomic E-state index is -0.863. The predicted molar refractivity (Wildman–Crippen MR) is 196 cm³/mol. The van der Waals surface area contributed by atoms with E-state index in [0.29, 0.717) is 37.9 Å². The maximum atomic E-state index is 14.0. The number of alkyl carbamates (subject to hydrolysis) is 1. The number of hydrogen-bond donors (Lipinski definition) is 1. The minimum Gasteiger partial charge on any atom is -0.453 e. The van der Waals surface area contributed by atoms with Crippen molar-refractivity contribution in [2.24, 2.45) is 10.9 Å². The highest BCUT2D eigenvalue weighted by Crippen LogP contribution is 2.55. The van der Waals surface area contributed by atoms with Gasteiger partial charge in [0, 0.05) is 24.8 Å². The quantitative estimate of drug-likeness (QED) is 0.358. The number of carbonyl (C=O) groups excluding carboxylic acids is 2. The van der Waals surface area contributed by atoms with Gasteiger partial charge in [-0.05, 0) is 104 Å². The number of likely N-dealkylation sites (tertiary alicyclic amines) is 1. The zero-order chi connectivity index (χ0) is 35.9. The third kappa shape index (κ3) is 5.84. The van der Waals surface area contributed by atoms with Gasteiger partial charge in [-0.3, -0.25) is 9.79 Å². The lowest BCUT2D eigenvalue weighted by Gasteiger charge is -2.32. The number of nitrogens with zero attached hydrogens (tertiary/aromatic N) is 2. The number of benzene rings is 2. The molecule has 51 heavy (non-hydrogen) atoms. The molecule has 4 heterocycles. The van der Waals surface area contributed by atoms with E-state index in [-0.39, 0.29) is 42.7 Å². The normalized spacial score (nSPS) is 27.3. The molecule has 2 aromatic rings. The van der Waals surface area contributed by atoms with Gasteiger partial charge in [-0.15, -0.1) is 0 Å². The highest BCUT2D eigenvalue weighted by atomic mass is 16.7. The fourth-order valence-electron chi connectivity index (χ4n) is 9.13. The number of aliphatic imine (C=N–C) groups is 1. The summed E-state index contributed by atoms with van der Waals surface area (Å²) in [5.41, 5.74) is 9.01. The van der Waals surface area contributed by atoms with Gasteiger partial charge in [-0.1, -0.05) is 50.2 Å². The fourth-order valence-corrected chi connectivity index (χ4v) is 9.13. The van der Waals surface area contributed by atoms with Crippen molar-refractivity contribution in [3.05, 3.63) is 59.3 Å². The lowest BCUT2D eigenvalue weighted by molar-refractivity contribution is -0.153. The molecule has 6 aliphatic rings. The fraction of sp³-hybridized carbons (Fsp3) is 0.575. The first-order valence-corrected chi connectivity index (χ1v) is 18.6. The molecule has 3 saturated heterocycles. The summed E-state index contributed by atoms with van der Waals surface area (Å²) in [6, 6.07) is 12.3. The minimum absolute atomic E-state index is 0.145. The number of nitrogens with one attached hydrogen (secondary N) is 1. The van der Waals surface area contributed by atoms with Crippen LogP contribution in [0, 0.1) is 5.92 Å². The van der Waals surface area contributed by atoms with Crippen LogP contribution in [0.15, 0.2) is 47.6 Å². The molecule has 1 N–H and O–H groups in total. The maximum absolute atomic E-state index is 14.0. The van der Waals surface area contributed by atoms with Gasteiger partial charge < -0.3 is 33.7 Å². The molecule has 1 spiro atoms. The molecule has 2 bridgehead atoms. The Labute approximate surface area is 301 Å². The van der Waals surface area contributed by atoms with Crippen LogP contribution in [0.25, 0.3) is 16.7 Å². The van der Waals surface area contributed by atoms with Crippen LogP contribution in [0.1, 0.15) is 102 Å². The second-order valence-electron chi connectivity index (χ2n) is 16.5. The summed E-state index contributed by atoms with van der Waals surface area (Å²) >= 11 is 0. The lowest BCUT2D eigenvalue weighted by atomic mass is 9.70. The van der Waals surface area contributed by atoms with Crippen molar-refractivity contribution in [2.75, 3.05) is 26.9 Å². The van der Waals surface area contributed by atoms with E-state index in [4.69, 9.17) is 28.5 Å². The summed E-state index contributed by atoms with van der Waals surface area (Å²) in [7, 11) is 0.948. The standard InChI is InChI=1S/C40H50BN3O7/c1-23(2)35(43-37(46)47-7)36(45)44-22-40(48-16-17-49-40)20-32(44)31-19-28(21-42-31)24-8-10-25(11-9-24)29-14-15-30(34-27-13-12-26(18-27)33(29)34)41-50-38(3,4)39(5,6)51-41/h8-11,14-15,21,23,26-27,32,35H,12-13,16-20,22H2,1-7H3,(H,43,46)/t26?,27?,32-,35-/m0/s1. The van der Waals surface area contributed by atoms with Crippen LogP contribution in [0.2, 0.25) is 0 Å². The molecule has 4 fully saturated rings. The van der Waals surface area contributed by atoms with Crippen molar-refractivity contribution in [3.63, 3.8) is 0 Å². The van der Waals surface area contributed by atoms with Gasteiger partial charge in [0.15, 0.2) is 5.79 Å². The molecule has 1 saturated carbocycles. The number of allylic oxidation sites excluding steroid dienone is 1. The molecule has 10 nitrogen and oxygen atoms in total. The van der Waals surface area contributed by atoms with Crippen molar-refractivity contribution in [1.29, 1.82) is 0 Å². The molecule has 0 aromatic heterocycles. The van der Waals surface area contributed by atoms with E-state index in [1.165, 1.54) is 54.1 Å². The first kappa shape index (κ1) is 34.6. The van der Waals surface area contributed by atoms with E-state index in [2.05, 4.69) is 69.4 Å². The summed E-state index contributed by atoms with van der Waals surface area (Å²) in [4.78, 5) is 32.8. The molecule has 4 aliphatic heterocycles. The van der Waals surface area contributed by atoms with Gasteiger partial charge in [0.2, 0.25) is 5.91 Å². The van der Waals surface area contributed by atoms with E-state index >= 15 is 0 Å². The topological polar surface area (TPSA) is 108 Å². The van der Waals surface area contributed by atoms with E-state index in [0.717, 1.165) is 16.8 Å². The number of ether oxygens (including phenoxy) is 3. The summed E-state index contributed by atoms with van der Waals surface area (Å²) in [6.07, 6.45) is 6.07. The average molecular weight is 696 g/mol. The van der Waals surface area contributed by atoms with E-state index < -0.39 is 17.9 Å². The molecule has 2 amide bonds. The van der Waals surface area contributed by atoms with Gasteiger partial charge in [0.05, 0.1) is 44.1 Å². The van der Waals surface area contributed by atoms with Crippen LogP contribution < -0.4 is 10.8 Å². The zero-order valence-corrected chi connectivity index (χ0v) is 30.9. The highest BCUT2D eigenvalue weighted by Gasteiger charge is 2.55. The van der Waals surface area contributed by atoms with Crippen LogP contribution in [-0.2, 0) is 28.3 Å². The molecule has 8 rings (SSSR count). The van der Waals surface area contributed by atoms with Crippen LogP contribution in [-0.4, -0.2) is 85.7 Å². The molecular formula is C40H50BN3O7. The Hall–Kier alpha value is -3.51. The van der Waals surface area contributed by atoms with Crippen molar-refractivity contribution in [3.8, 4) is 11.1 Å². The Balaban J connectivity index is 1.02. The van der Waals surface area contributed by atoms with E-state index in [1.54, 1.807) is 4.90 Å². The van der Waals surface area contributed by atoms with Gasteiger partial charge in [-0.2, -0.15) is 0 Å². The van der Waals surface area contributed by atoms with Gasteiger partial charge >= 0.3 is 13.2 Å². The van der Waals surface area contributed by atoms with Crippen LogP contribution >= 0.6 is 0 Å². The molecule has 270 valence electrons. The molecule has 11 heteroatoms. The summed E-state index contributed by atoms with van der Waals surface area (Å²) in [5.74, 6) is -0.0686. The second-order valence-corrected chi connectivity index (χ2v) is 16.5. The Bertz CT molecular complexity index is 1780.